The third kappa shape index (κ3) is 3.57. The van der Waals surface area contributed by atoms with Gasteiger partial charge in [0.2, 0.25) is 5.91 Å². The minimum atomic E-state index is -0.532. The van der Waals surface area contributed by atoms with Gasteiger partial charge in [-0.2, -0.15) is 0 Å². The standard InChI is InChI=1S/C13H22N2O3/c1-5-13(4,8-16)14-12(17)7-6-11-9(2)15-18-10(11)3/h16H,5-8H2,1-4H3,(H,14,17). The van der Waals surface area contributed by atoms with Crippen molar-refractivity contribution in [1.82, 2.24) is 10.5 Å². The molecule has 0 spiro atoms. The van der Waals surface area contributed by atoms with E-state index in [0.717, 1.165) is 17.0 Å². The predicted octanol–water partition coefficient (Wildman–Crippen LogP) is 1.50. The molecule has 1 atom stereocenters. The number of aromatic nitrogens is 1. The van der Waals surface area contributed by atoms with Crippen LogP contribution in [0.25, 0.3) is 0 Å². The first-order valence-electron chi connectivity index (χ1n) is 6.25. The van der Waals surface area contributed by atoms with E-state index in [0.29, 0.717) is 19.3 Å². The summed E-state index contributed by atoms with van der Waals surface area (Å²) in [6.45, 7) is 7.43. The Morgan fingerprint density at radius 2 is 2.17 bits per heavy atom. The van der Waals surface area contributed by atoms with Crippen molar-refractivity contribution in [3.8, 4) is 0 Å². The minimum absolute atomic E-state index is 0.0550. The van der Waals surface area contributed by atoms with Crippen LogP contribution in [0.4, 0.5) is 0 Å². The molecule has 1 rings (SSSR count). The number of carbonyl (C=O) groups is 1. The van der Waals surface area contributed by atoms with Crippen LogP contribution in [-0.4, -0.2) is 28.3 Å². The Labute approximate surface area is 108 Å². The normalized spacial score (nSPS) is 14.3. The highest BCUT2D eigenvalue weighted by molar-refractivity contribution is 5.77. The first kappa shape index (κ1) is 14.7. The lowest BCUT2D eigenvalue weighted by Gasteiger charge is -2.27. The average molecular weight is 254 g/mol. The molecular formula is C13H22N2O3. The van der Waals surface area contributed by atoms with E-state index in [1.54, 1.807) is 0 Å². The Balaban J connectivity index is 2.52. The molecule has 1 amide bonds. The van der Waals surface area contributed by atoms with E-state index in [2.05, 4.69) is 10.5 Å². The molecule has 0 aromatic carbocycles. The van der Waals surface area contributed by atoms with Crippen molar-refractivity contribution in [2.75, 3.05) is 6.61 Å². The third-order valence-electron chi connectivity index (χ3n) is 3.35. The second kappa shape index (κ2) is 6.00. The molecule has 0 saturated heterocycles. The van der Waals surface area contributed by atoms with E-state index < -0.39 is 5.54 Å². The molecule has 0 radical (unpaired) electrons. The number of hydrogen-bond acceptors (Lipinski definition) is 4. The number of aliphatic hydroxyl groups is 1. The van der Waals surface area contributed by atoms with Gasteiger partial charge in [-0.3, -0.25) is 4.79 Å². The smallest absolute Gasteiger partial charge is 0.220 e. The lowest BCUT2D eigenvalue weighted by Crippen LogP contribution is -2.48. The van der Waals surface area contributed by atoms with Gasteiger partial charge in [0, 0.05) is 12.0 Å². The van der Waals surface area contributed by atoms with Crippen LogP contribution in [0.3, 0.4) is 0 Å². The molecule has 1 aromatic heterocycles. The van der Waals surface area contributed by atoms with Crippen LogP contribution in [0, 0.1) is 13.8 Å². The van der Waals surface area contributed by atoms with Crippen molar-refractivity contribution in [1.29, 1.82) is 0 Å². The Morgan fingerprint density at radius 3 is 2.61 bits per heavy atom. The van der Waals surface area contributed by atoms with Crippen LogP contribution in [0.5, 0.6) is 0 Å². The summed E-state index contributed by atoms with van der Waals surface area (Å²) in [6, 6.07) is 0. The highest BCUT2D eigenvalue weighted by Gasteiger charge is 2.23. The number of nitrogens with one attached hydrogen (secondary N) is 1. The van der Waals surface area contributed by atoms with Crippen molar-refractivity contribution in [3.05, 3.63) is 17.0 Å². The number of aliphatic hydroxyl groups excluding tert-OH is 1. The number of carbonyl (C=O) groups excluding carboxylic acids is 1. The Bertz CT molecular complexity index is 389. The molecule has 0 bridgehead atoms. The molecule has 2 N–H and O–H groups in total. The van der Waals surface area contributed by atoms with Crippen LogP contribution >= 0.6 is 0 Å². The van der Waals surface area contributed by atoms with E-state index in [1.807, 2.05) is 27.7 Å². The molecule has 0 saturated carbocycles. The molecule has 5 heteroatoms. The van der Waals surface area contributed by atoms with E-state index >= 15 is 0 Å². The number of aryl methyl sites for hydroxylation is 2. The second-order valence-electron chi connectivity index (χ2n) is 4.92. The Morgan fingerprint density at radius 1 is 1.50 bits per heavy atom. The summed E-state index contributed by atoms with van der Waals surface area (Å²) in [6.07, 6.45) is 1.68. The van der Waals surface area contributed by atoms with Crippen molar-refractivity contribution >= 4 is 5.91 Å². The van der Waals surface area contributed by atoms with Gasteiger partial charge in [0.1, 0.15) is 5.76 Å². The van der Waals surface area contributed by atoms with Crippen LogP contribution in [-0.2, 0) is 11.2 Å². The average Bonchev–Trinajstić information content (AvgIpc) is 2.66. The van der Waals surface area contributed by atoms with Crippen molar-refractivity contribution in [3.63, 3.8) is 0 Å². The van der Waals surface area contributed by atoms with Gasteiger partial charge in [0.15, 0.2) is 0 Å². The van der Waals surface area contributed by atoms with Gasteiger partial charge in [0.25, 0.3) is 0 Å². The summed E-state index contributed by atoms with van der Waals surface area (Å²) >= 11 is 0. The molecule has 1 heterocycles. The van der Waals surface area contributed by atoms with Gasteiger partial charge in [-0.1, -0.05) is 12.1 Å². The fourth-order valence-electron chi connectivity index (χ4n) is 1.74. The number of rotatable bonds is 6. The Kier molecular flexibility index (Phi) is 4.90. The summed E-state index contributed by atoms with van der Waals surface area (Å²) in [5.74, 6) is 0.703. The van der Waals surface area contributed by atoms with Crippen LogP contribution < -0.4 is 5.32 Å². The molecule has 0 fully saturated rings. The van der Waals surface area contributed by atoms with Gasteiger partial charge in [0.05, 0.1) is 17.8 Å². The zero-order valence-corrected chi connectivity index (χ0v) is 11.5. The first-order chi connectivity index (χ1) is 8.41. The summed E-state index contributed by atoms with van der Waals surface area (Å²) in [5.41, 5.74) is 1.29. The predicted molar refractivity (Wildman–Crippen MR) is 68.2 cm³/mol. The number of amides is 1. The molecule has 1 aromatic rings. The zero-order valence-electron chi connectivity index (χ0n) is 11.5. The first-order valence-corrected chi connectivity index (χ1v) is 6.25. The number of nitrogens with zero attached hydrogens (tertiary/aromatic N) is 1. The maximum Gasteiger partial charge on any atom is 0.220 e. The van der Waals surface area contributed by atoms with E-state index in [-0.39, 0.29) is 12.5 Å². The van der Waals surface area contributed by atoms with Gasteiger partial charge in [-0.15, -0.1) is 0 Å². The molecule has 0 aliphatic carbocycles. The van der Waals surface area contributed by atoms with Crippen molar-refractivity contribution in [2.24, 2.45) is 0 Å². The highest BCUT2D eigenvalue weighted by Crippen LogP contribution is 2.15. The van der Waals surface area contributed by atoms with Gasteiger partial charge < -0.3 is 14.9 Å². The fraction of sp³-hybridized carbons (Fsp3) is 0.692. The summed E-state index contributed by atoms with van der Waals surface area (Å²) < 4.78 is 5.05. The van der Waals surface area contributed by atoms with Gasteiger partial charge >= 0.3 is 0 Å². The zero-order chi connectivity index (χ0) is 13.8. The molecule has 0 aliphatic rings. The SMILES string of the molecule is CCC(C)(CO)NC(=O)CCc1c(C)noc1C. The maximum atomic E-state index is 11.8. The molecule has 18 heavy (non-hydrogen) atoms. The van der Waals surface area contributed by atoms with Gasteiger partial charge in [-0.05, 0) is 33.6 Å². The Hall–Kier alpha value is -1.36. The second-order valence-corrected chi connectivity index (χ2v) is 4.92. The highest BCUT2D eigenvalue weighted by atomic mass is 16.5. The molecule has 1 unspecified atom stereocenters. The van der Waals surface area contributed by atoms with Crippen LogP contribution in [0.15, 0.2) is 4.52 Å². The number of hydrogen-bond donors (Lipinski definition) is 2. The summed E-state index contributed by atoms with van der Waals surface area (Å²) in [7, 11) is 0. The van der Waals surface area contributed by atoms with Gasteiger partial charge in [-0.25, -0.2) is 0 Å². The monoisotopic (exact) mass is 254 g/mol. The largest absolute Gasteiger partial charge is 0.394 e. The topological polar surface area (TPSA) is 75.4 Å². The molecular weight excluding hydrogens is 232 g/mol. The van der Waals surface area contributed by atoms with E-state index in [1.165, 1.54) is 0 Å². The summed E-state index contributed by atoms with van der Waals surface area (Å²) in [4.78, 5) is 11.8. The lowest BCUT2D eigenvalue weighted by molar-refractivity contribution is -0.123. The quantitative estimate of drug-likeness (QED) is 0.806. The van der Waals surface area contributed by atoms with E-state index in [4.69, 9.17) is 4.52 Å². The van der Waals surface area contributed by atoms with Crippen LogP contribution in [0.2, 0.25) is 0 Å². The molecule has 0 aliphatic heterocycles. The van der Waals surface area contributed by atoms with Crippen molar-refractivity contribution < 1.29 is 14.4 Å². The summed E-state index contributed by atoms with van der Waals surface area (Å²) in [5, 5.41) is 15.9. The van der Waals surface area contributed by atoms with Crippen molar-refractivity contribution in [2.45, 2.75) is 52.5 Å². The molecule has 102 valence electrons. The van der Waals surface area contributed by atoms with E-state index in [9.17, 15) is 9.90 Å². The minimum Gasteiger partial charge on any atom is -0.394 e. The third-order valence-corrected chi connectivity index (χ3v) is 3.35. The molecule has 5 nitrogen and oxygen atoms in total. The maximum absolute atomic E-state index is 11.8. The fourth-order valence-corrected chi connectivity index (χ4v) is 1.74. The lowest BCUT2D eigenvalue weighted by atomic mass is 9.99. The van der Waals surface area contributed by atoms with Crippen LogP contribution in [0.1, 0.15) is 43.7 Å².